The molecule has 0 aliphatic rings. The van der Waals surface area contributed by atoms with Crippen molar-refractivity contribution in [3.8, 4) is 6.07 Å². The number of aldehydes is 1. The molecule has 5 nitrogen and oxygen atoms in total. The lowest BCUT2D eigenvalue weighted by Crippen LogP contribution is -2.36. The Morgan fingerprint density at radius 2 is 2.19 bits per heavy atom. The molecule has 0 aromatic rings. The van der Waals surface area contributed by atoms with Crippen molar-refractivity contribution < 1.29 is 13.9 Å². The summed E-state index contributed by atoms with van der Waals surface area (Å²) in [4.78, 5) is 14.3. The summed E-state index contributed by atoms with van der Waals surface area (Å²) in [5, 5.41) is 11.6. The van der Waals surface area contributed by atoms with Crippen molar-refractivity contribution in [2.24, 2.45) is 4.99 Å². The predicted molar refractivity (Wildman–Crippen MR) is 80.3 cm³/mol. The van der Waals surface area contributed by atoms with Gasteiger partial charge in [-0.3, -0.25) is 9.79 Å². The van der Waals surface area contributed by atoms with Gasteiger partial charge in [0.15, 0.2) is 0 Å². The maximum absolute atomic E-state index is 13.7. The smallest absolute Gasteiger partial charge is 0.144 e. The van der Waals surface area contributed by atoms with E-state index in [0.29, 0.717) is 12.0 Å². The van der Waals surface area contributed by atoms with Crippen molar-refractivity contribution in [1.82, 2.24) is 5.32 Å². The summed E-state index contributed by atoms with van der Waals surface area (Å²) >= 11 is 0. The molecule has 21 heavy (non-hydrogen) atoms. The second kappa shape index (κ2) is 8.82. The lowest BCUT2D eigenvalue weighted by molar-refractivity contribution is -0.104. The normalized spacial score (nSPS) is 14.7. The fourth-order valence-electron chi connectivity index (χ4n) is 1.28. The SMILES string of the molecule is C=C(\C=C(F)/C=N/C(=C\C=O)[C@H](C)OC)NC(C)(C)C#N. The summed E-state index contributed by atoms with van der Waals surface area (Å²) in [5.41, 5.74) is -0.309. The number of nitrogens with zero attached hydrogens (tertiary/aromatic N) is 2. The number of allylic oxidation sites excluding steroid dienone is 3. The zero-order chi connectivity index (χ0) is 16.5. The van der Waals surface area contributed by atoms with Crippen molar-refractivity contribution in [1.29, 1.82) is 5.26 Å². The highest BCUT2D eigenvalue weighted by molar-refractivity contribution is 5.78. The van der Waals surface area contributed by atoms with Gasteiger partial charge in [-0.05, 0) is 26.8 Å². The fraction of sp³-hybridized carbons (Fsp3) is 0.400. The summed E-state index contributed by atoms with van der Waals surface area (Å²) in [6, 6.07) is 2.01. The van der Waals surface area contributed by atoms with Crippen LogP contribution in [0.2, 0.25) is 0 Å². The number of ether oxygens (including phenoxy) is 1. The molecule has 0 spiro atoms. The molecule has 0 aromatic carbocycles. The van der Waals surface area contributed by atoms with Gasteiger partial charge < -0.3 is 10.1 Å². The molecule has 0 bridgehead atoms. The molecule has 1 atom stereocenters. The number of aliphatic imine (C=N–C) groups is 1. The van der Waals surface area contributed by atoms with Gasteiger partial charge in [-0.25, -0.2) is 4.39 Å². The molecule has 0 aliphatic heterocycles. The largest absolute Gasteiger partial charge is 0.375 e. The molecule has 0 unspecified atom stereocenters. The van der Waals surface area contributed by atoms with Gasteiger partial charge in [0.2, 0.25) is 0 Å². The van der Waals surface area contributed by atoms with Crippen LogP contribution in [0, 0.1) is 11.3 Å². The van der Waals surface area contributed by atoms with Gasteiger partial charge >= 0.3 is 0 Å². The van der Waals surface area contributed by atoms with E-state index < -0.39 is 17.5 Å². The lowest BCUT2D eigenvalue weighted by atomic mass is 10.1. The number of rotatable bonds is 8. The molecule has 114 valence electrons. The van der Waals surface area contributed by atoms with E-state index in [4.69, 9.17) is 10.00 Å². The summed E-state index contributed by atoms with van der Waals surface area (Å²) < 4.78 is 18.7. The van der Waals surface area contributed by atoms with Gasteiger partial charge in [-0.2, -0.15) is 5.26 Å². The van der Waals surface area contributed by atoms with E-state index in [9.17, 15) is 9.18 Å². The summed E-state index contributed by atoms with van der Waals surface area (Å²) in [7, 11) is 1.46. The zero-order valence-electron chi connectivity index (χ0n) is 12.7. The van der Waals surface area contributed by atoms with E-state index in [-0.39, 0.29) is 5.70 Å². The molecule has 0 rings (SSSR count). The average Bonchev–Trinajstić information content (AvgIpc) is 2.41. The van der Waals surface area contributed by atoms with Gasteiger partial charge in [0.1, 0.15) is 17.7 Å². The first-order valence-electron chi connectivity index (χ1n) is 6.23. The molecule has 0 heterocycles. The van der Waals surface area contributed by atoms with Gasteiger partial charge in [0.05, 0.1) is 24.1 Å². The number of hydrogen-bond donors (Lipinski definition) is 1. The van der Waals surface area contributed by atoms with Crippen molar-refractivity contribution in [3.63, 3.8) is 0 Å². The number of methoxy groups -OCH3 is 1. The standard InChI is InChI=1S/C15H20FN3O2/c1-11(19-15(3,4)10-17)8-13(16)9-18-14(6-7-20)12(2)21-5/h6-9,12,19H,1H2,2-5H3/b13-8+,14-6-,18-9+/t12-/m0/s1. The van der Waals surface area contributed by atoms with E-state index in [2.05, 4.69) is 16.9 Å². The summed E-state index contributed by atoms with van der Waals surface area (Å²) in [6.07, 6.45) is 3.39. The molecule has 0 fully saturated rings. The first-order chi connectivity index (χ1) is 9.75. The van der Waals surface area contributed by atoms with E-state index >= 15 is 0 Å². The van der Waals surface area contributed by atoms with Crippen LogP contribution in [0.25, 0.3) is 0 Å². The Bertz CT molecular complexity index is 514. The molecule has 0 saturated heterocycles. The molecule has 0 aromatic heterocycles. The predicted octanol–water partition coefficient (Wildman–Crippen LogP) is 2.43. The Kier molecular flexibility index (Phi) is 7.87. The van der Waals surface area contributed by atoms with Crippen LogP contribution >= 0.6 is 0 Å². The van der Waals surface area contributed by atoms with Crippen LogP contribution in [-0.2, 0) is 9.53 Å². The number of nitrogens with one attached hydrogen (secondary N) is 1. The minimum absolute atomic E-state index is 0.242. The number of halogens is 1. The molecule has 0 saturated carbocycles. The Morgan fingerprint density at radius 1 is 1.57 bits per heavy atom. The first-order valence-corrected chi connectivity index (χ1v) is 6.23. The van der Waals surface area contributed by atoms with Crippen molar-refractivity contribution in [3.05, 3.63) is 36.0 Å². The first kappa shape index (κ1) is 18.7. The van der Waals surface area contributed by atoms with Crippen LogP contribution in [0.5, 0.6) is 0 Å². The topological polar surface area (TPSA) is 74.5 Å². The van der Waals surface area contributed by atoms with Crippen LogP contribution in [0.1, 0.15) is 20.8 Å². The summed E-state index contributed by atoms with van der Waals surface area (Å²) in [5.74, 6) is -0.665. The third-order valence-electron chi connectivity index (χ3n) is 2.41. The summed E-state index contributed by atoms with van der Waals surface area (Å²) in [6.45, 7) is 8.58. The molecule has 0 radical (unpaired) electrons. The molecule has 0 amide bonds. The molecule has 1 N–H and O–H groups in total. The molecule has 6 heteroatoms. The van der Waals surface area contributed by atoms with Crippen LogP contribution in [-0.4, -0.2) is 31.3 Å². The number of nitriles is 1. The van der Waals surface area contributed by atoms with E-state index in [1.54, 1.807) is 20.8 Å². The maximum atomic E-state index is 13.7. The van der Waals surface area contributed by atoms with Crippen molar-refractivity contribution in [2.45, 2.75) is 32.4 Å². The van der Waals surface area contributed by atoms with Crippen molar-refractivity contribution >= 4 is 12.5 Å². The van der Waals surface area contributed by atoms with Gasteiger partial charge in [-0.15, -0.1) is 0 Å². The number of hydrogen-bond acceptors (Lipinski definition) is 5. The van der Waals surface area contributed by atoms with E-state index in [0.717, 1.165) is 12.3 Å². The lowest BCUT2D eigenvalue weighted by Gasteiger charge is -2.18. The van der Waals surface area contributed by atoms with Gasteiger partial charge in [0.25, 0.3) is 0 Å². The highest BCUT2D eigenvalue weighted by Gasteiger charge is 2.15. The highest BCUT2D eigenvalue weighted by atomic mass is 19.1. The quantitative estimate of drug-likeness (QED) is 0.323. The Hall–Kier alpha value is -2.26. The minimum Gasteiger partial charge on any atom is -0.375 e. The third-order valence-corrected chi connectivity index (χ3v) is 2.41. The Morgan fingerprint density at radius 3 is 2.67 bits per heavy atom. The highest BCUT2D eigenvalue weighted by Crippen LogP contribution is 2.09. The Labute approximate surface area is 124 Å². The maximum Gasteiger partial charge on any atom is 0.144 e. The molecule has 0 aliphatic carbocycles. The minimum atomic E-state index is -0.849. The average molecular weight is 293 g/mol. The third kappa shape index (κ3) is 7.80. The number of carbonyl (C=O) groups excluding carboxylic acids is 1. The monoisotopic (exact) mass is 293 g/mol. The van der Waals surface area contributed by atoms with Crippen LogP contribution in [0.4, 0.5) is 4.39 Å². The Balaban J connectivity index is 4.91. The van der Waals surface area contributed by atoms with Gasteiger partial charge in [-0.1, -0.05) is 6.58 Å². The molecular formula is C15H20FN3O2. The zero-order valence-corrected chi connectivity index (χ0v) is 12.7. The van der Waals surface area contributed by atoms with Crippen molar-refractivity contribution in [2.75, 3.05) is 7.11 Å². The second-order valence-electron chi connectivity index (χ2n) is 4.78. The second-order valence-corrected chi connectivity index (χ2v) is 4.78. The van der Waals surface area contributed by atoms with Gasteiger partial charge in [0, 0.05) is 18.9 Å². The van der Waals surface area contributed by atoms with Crippen LogP contribution < -0.4 is 5.32 Å². The number of carbonyl (C=O) groups is 1. The van der Waals surface area contributed by atoms with E-state index in [1.807, 2.05) is 6.07 Å². The molecular weight excluding hydrogens is 273 g/mol. The van der Waals surface area contributed by atoms with Crippen LogP contribution in [0.3, 0.4) is 0 Å². The van der Waals surface area contributed by atoms with E-state index in [1.165, 1.54) is 13.2 Å². The van der Waals surface area contributed by atoms with Crippen LogP contribution in [0.15, 0.2) is 40.9 Å². The fourth-order valence-corrected chi connectivity index (χ4v) is 1.28.